The molecular weight excluding hydrogens is 382 g/mol. The molecule has 1 heterocycles. The number of aryl methyl sites for hydroxylation is 1. The molecule has 0 saturated carbocycles. The second kappa shape index (κ2) is 7.98. The maximum Gasteiger partial charge on any atom is 0.259 e. The molecular formula is C19H18BrN3O2. The fraction of sp³-hybridized carbons (Fsp3) is 0.158. The SMILES string of the molecule is Cc1ccc(NCC(=O)NN=CC2=Cc3cc(Br)ccc3OC2)cc1. The van der Waals surface area contributed by atoms with Crippen molar-refractivity contribution < 1.29 is 9.53 Å². The Kier molecular flexibility index (Phi) is 5.50. The molecule has 2 aromatic rings. The summed E-state index contributed by atoms with van der Waals surface area (Å²) in [4.78, 5) is 11.8. The number of carbonyl (C=O) groups is 1. The number of halogens is 1. The first kappa shape index (κ1) is 17.2. The van der Waals surface area contributed by atoms with Crippen LogP contribution in [0.25, 0.3) is 6.08 Å². The predicted octanol–water partition coefficient (Wildman–Crippen LogP) is 3.75. The van der Waals surface area contributed by atoms with Gasteiger partial charge in [0.2, 0.25) is 0 Å². The molecule has 0 spiro atoms. The van der Waals surface area contributed by atoms with Crippen molar-refractivity contribution in [3.63, 3.8) is 0 Å². The van der Waals surface area contributed by atoms with Crippen LogP contribution in [0.1, 0.15) is 11.1 Å². The van der Waals surface area contributed by atoms with Crippen LogP contribution in [0.4, 0.5) is 5.69 Å². The molecule has 2 aromatic carbocycles. The van der Waals surface area contributed by atoms with Gasteiger partial charge in [-0.2, -0.15) is 5.10 Å². The first-order valence-corrected chi connectivity index (χ1v) is 8.65. The normalized spacial score (nSPS) is 13.0. The second-order valence-corrected chi connectivity index (χ2v) is 6.62. The summed E-state index contributed by atoms with van der Waals surface area (Å²) >= 11 is 3.44. The molecule has 0 radical (unpaired) electrons. The van der Waals surface area contributed by atoms with E-state index in [0.717, 1.165) is 27.0 Å². The number of anilines is 1. The Labute approximate surface area is 154 Å². The van der Waals surface area contributed by atoms with E-state index in [1.54, 1.807) is 6.21 Å². The van der Waals surface area contributed by atoms with Gasteiger partial charge >= 0.3 is 0 Å². The van der Waals surface area contributed by atoms with Gasteiger partial charge in [-0.3, -0.25) is 4.79 Å². The summed E-state index contributed by atoms with van der Waals surface area (Å²) in [7, 11) is 0. The van der Waals surface area contributed by atoms with Crippen molar-refractivity contribution >= 4 is 39.8 Å². The topological polar surface area (TPSA) is 62.7 Å². The van der Waals surface area contributed by atoms with E-state index in [1.807, 2.05) is 55.5 Å². The van der Waals surface area contributed by atoms with E-state index in [0.29, 0.717) is 6.61 Å². The average molecular weight is 400 g/mol. The highest BCUT2D eigenvalue weighted by molar-refractivity contribution is 9.10. The van der Waals surface area contributed by atoms with Crippen LogP contribution in [0.2, 0.25) is 0 Å². The molecule has 0 unspecified atom stereocenters. The van der Waals surface area contributed by atoms with Crippen molar-refractivity contribution in [1.82, 2.24) is 5.43 Å². The summed E-state index contributed by atoms with van der Waals surface area (Å²) in [6, 6.07) is 13.7. The Morgan fingerprint density at radius 1 is 1.28 bits per heavy atom. The standard InChI is InChI=1S/C19H18BrN3O2/c1-13-2-5-17(6-3-13)21-11-19(24)23-22-10-14-8-15-9-16(20)4-7-18(15)25-12-14/h2-10,21H,11-12H2,1H3,(H,23,24). The molecule has 1 amide bonds. The molecule has 0 aliphatic carbocycles. The summed E-state index contributed by atoms with van der Waals surface area (Å²) in [5, 5.41) is 7.04. The molecule has 3 rings (SSSR count). The number of nitrogens with one attached hydrogen (secondary N) is 2. The van der Waals surface area contributed by atoms with Crippen molar-refractivity contribution in [3.8, 4) is 5.75 Å². The first-order chi connectivity index (χ1) is 12.1. The molecule has 5 nitrogen and oxygen atoms in total. The number of amides is 1. The molecule has 0 aromatic heterocycles. The van der Waals surface area contributed by atoms with E-state index >= 15 is 0 Å². The molecule has 1 aliphatic rings. The van der Waals surface area contributed by atoms with Gasteiger partial charge in [-0.15, -0.1) is 0 Å². The van der Waals surface area contributed by atoms with E-state index < -0.39 is 0 Å². The van der Waals surface area contributed by atoms with Crippen LogP contribution < -0.4 is 15.5 Å². The Bertz CT molecular complexity index is 829. The van der Waals surface area contributed by atoms with Crippen LogP contribution in [0.15, 0.2) is 57.6 Å². The summed E-state index contributed by atoms with van der Waals surface area (Å²) in [5.41, 5.74) is 6.45. The maximum atomic E-state index is 11.8. The lowest BCUT2D eigenvalue weighted by Gasteiger charge is -2.15. The minimum atomic E-state index is -0.211. The number of rotatable bonds is 5. The van der Waals surface area contributed by atoms with E-state index in [2.05, 4.69) is 31.8 Å². The van der Waals surface area contributed by atoms with E-state index in [-0.39, 0.29) is 12.5 Å². The first-order valence-electron chi connectivity index (χ1n) is 7.85. The molecule has 6 heteroatoms. The van der Waals surface area contributed by atoms with Crippen LogP contribution >= 0.6 is 15.9 Å². The number of fused-ring (bicyclic) bond motifs is 1. The van der Waals surface area contributed by atoms with Crippen LogP contribution in [0.5, 0.6) is 5.75 Å². The molecule has 0 bridgehead atoms. The number of hydrogen-bond donors (Lipinski definition) is 2. The minimum Gasteiger partial charge on any atom is -0.488 e. The smallest absolute Gasteiger partial charge is 0.259 e. The second-order valence-electron chi connectivity index (χ2n) is 5.70. The number of hydrogen-bond acceptors (Lipinski definition) is 4. The third kappa shape index (κ3) is 4.93. The van der Waals surface area contributed by atoms with Crippen LogP contribution in [0, 0.1) is 6.92 Å². The van der Waals surface area contributed by atoms with Gasteiger partial charge in [-0.1, -0.05) is 33.6 Å². The quantitative estimate of drug-likeness (QED) is 0.594. The van der Waals surface area contributed by atoms with Crippen LogP contribution in [-0.2, 0) is 4.79 Å². The van der Waals surface area contributed by atoms with E-state index in [1.165, 1.54) is 5.56 Å². The summed E-state index contributed by atoms with van der Waals surface area (Å²) in [5.74, 6) is 0.629. The lowest BCUT2D eigenvalue weighted by Crippen LogP contribution is -2.26. The van der Waals surface area contributed by atoms with Crippen molar-refractivity contribution in [1.29, 1.82) is 0 Å². The van der Waals surface area contributed by atoms with Crippen molar-refractivity contribution in [2.24, 2.45) is 5.10 Å². The van der Waals surface area contributed by atoms with Gasteiger partial charge in [0.05, 0.1) is 12.8 Å². The monoisotopic (exact) mass is 399 g/mol. The van der Waals surface area contributed by atoms with Gasteiger partial charge in [0.15, 0.2) is 0 Å². The zero-order chi connectivity index (χ0) is 17.6. The number of nitrogens with zero attached hydrogens (tertiary/aromatic N) is 1. The summed E-state index contributed by atoms with van der Waals surface area (Å²) in [6.45, 7) is 2.60. The number of carbonyl (C=O) groups excluding carboxylic acids is 1. The van der Waals surface area contributed by atoms with Crippen molar-refractivity contribution in [2.45, 2.75) is 6.92 Å². The molecule has 25 heavy (non-hydrogen) atoms. The highest BCUT2D eigenvalue weighted by Gasteiger charge is 2.10. The molecule has 0 saturated heterocycles. The van der Waals surface area contributed by atoms with Gasteiger partial charge in [0.25, 0.3) is 5.91 Å². The van der Waals surface area contributed by atoms with Crippen molar-refractivity contribution in [3.05, 3.63) is 63.6 Å². The Balaban J connectivity index is 1.51. The highest BCUT2D eigenvalue weighted by Crippen LogP contribution is 2.28. The van der Waals surface area contributed by atoms with Gasteiger partial charge in [0, 0.05) is 21.3 Å². The fourth-order valence-corrected chi connectivity index (χ4v) is 2.70. The molecule has 128 valence electrons. The average Bonchev–Trinajstić information content (AvgIpc) is 2.61. The predicted molar refractivity (Wildman–Crippen MR) is 104 cm³/mol. The van der Waals surface area contributed by atoms with E-state index in [4.69, 9.17) is 4.74 Å². The zero-order valence-corrected chi connectivity index (χ0v) is 15.3. The maximum absolute atomic E-state index is 11.8. The van der Waals surface area contributed by atoms with Crippen molar-refractivity contribution in [2.75, 3.05) is 18.5 Å². The van der Waals surface area contributed by atoms with E-state index in [9.17, 15) is 4.79 Å². The summed E-state index contributed by atoms with van der Waals surface area (Å²) in [6.07, 6.45) is 3.59. The van der Waals surface area contributed by atoms with Gasteiger partial charge in [-0.25, -0.2) is 5.43 Å². The largest absolute Gasteiger partial charge is 0.488 e. The Morgan fingerprint density at radius 2 is 2.08 bits per heavy atom. The third-order valence-corrected chi connectivity index (χ3v) is 4.12. The zero-order valence-electron chi connectivity index (χ0n) is 13.8. The summed E-state index contributed by atoms with van der Waals surface area (Å²) < 4.78 is 6.64. The Morgan fingerprint density at radius 3 is 2.88 bits per heavy atom. The number of ether oxygens (including phenoxy) is 1. The molecule has 2 N–H and O–H groups in total. The number of benzene rings is 2. The highest BCUT2D eigenvalue weighted by atomic mass is 79.9. The lowest BCUT2D eigenvalue weighted by atomic mass is 10.1. The van der Waals surface area contributed by atoms with Crippen LogP contribution in [-0.4, -0.2) is 25.3 Å². The molecule has 1 aliphatic heterocycles. The lowest BCUT2D eigenvalue weighted by molar-refractivity contribution is -0.119. The minimum absolute atomic E-state index is 0.158. The molecule has 0 fully saturated rings. The van der Waals surface area contributed by atoms with Gasteiger partial charge in [-0.05, 0) is 43.3 Å². The van der Waals surface area contributed by atoms with Gasteiger partial charge in [0.1, 0.15) is 12.4 Å². The fourth-order valence-electron chi connectivity index (χ4n) is 2.32. The molecule has 0 atom stereocenters. The number of hydrazone groups is 1. The Hall–Kier alpha value is -2.60. The third-order valence-electron chi connectivity index (χ3n) is 3.63. The van der Waals surface area contributed by atoms with Crippen LogP contribution in [0.3, 0.4) is 0 Å². The van der Waals surface area contributed by atoms with Gasteiger partial charge < -0.3 is 10.1 Å².